The number of piperidine rings is 1. The van der Waals surface area contributed by atoms with Gasteiger partial charge in [-0.15, -0.1) is 26.6 Å². The molecule has 1 atom stereocenters. The molecular weight excluding hydrogens is 372 g/mol. The Morgan fingerprint density at radius 3 is 3.00 bits per heavy atom. The third-order valence-electron chi connectivity index (χ3n) is 5.16. The lowest BCUT2D eigenvalue weighted by Gasteiger charge is -2.32. The van der Waals surface area contributed by atoms with Crippen LogP contribution in [0.4, 0.5) is 5.82 Å². The maximum atomic E-state index is 12.6. The summed E-state index contributed by atoms with van der Waals surface area (Å²) in [6, 6.07) is 8.08. The maximum Gasteiger partial charge on any atom is 0.224 e. The van der Waals surface area contributed by atoms with E-state index in [0.717, 1.165) is 43.1 Å². The Morgan fingerprint density at radius 1 is 1.32 bits per heavy atom. The second kappa shape index (κ2) is 8.26. The highest BCUT2D eigenvalue weighted by atomic mass is 32.1. The van der Waals surface area contributed by atoms with Gasteiger partial charge in [-0.3, -0.25) is 4.79 Å². The van der Waals surface area contributed by atoms with Crippen LogP contribution in [0.3, 0.4) is 0 Å². The largest absolute Gasteiger partial charge is 0.355 e. The standard InChI is InChI=1S/C20H26N6OS/c1-14(2)19-23-22-17-7-8-18(24-26(17)19)25-11-3-5-15(13-25)20(27)21-10-9-16-6-4-12-28-16/h4,6-8,12,14-15H,3,5,9-11,13H2,1-2H3,(H,21,27)/t15-/m1/s1. The summed E-state index contributed by atoms with van der Waals surface area (Å²) < 4.78 is 1.82. The number of carbonyl (C=O) groups excluding carboxylic acids is 1. The quantitative estimate of drug-likeness (QED) is 0.691. The molecule has 4 heterocycles. The van der Waals surface area contributed by atoms with Gasteiger partial charge in [0, 0.05) is 30.4 Å². The van der Waals surface area contributed by atoms with Gasteiger partial charge in [0.25, 0.3) is 0 Å². The Kier molecular flexibility index (Phi) is 5.57. The van der Waals surface area contributed by atoms with Crippen LogP contribution in [0, 0.1) is 5.92 Å². The molecule has 0 aromatic carbocycles. The molecule has 8 heteroatoms. The molecule has 7 nitrogen and oxygen atoms in total. The van der Waals surface area contributed by atoms with Crippen molar-refractivity contribution in [3.05, 3.63) is 40.3 Å². The predicted octanol–water partition coefficient (Wildman–Crippen LogP) is 2.88. The molecular formula is C20H26N6OS. The van der Waals surface area contributed by atoms with Gasteiger partial charge in [-0.1, -0.05) is 19.9 Å². The molecule has 0 bridgehead atoms. The molecule has 28 heavy (non-hydrogen) atoms. The normalized spacial score (nSPS) is 17.4. The number of fused-ring (bicyclic) bond motifs is 1. The van der Waals surface area contributed by atoms with Gasteiger partial charge in [-0.2, -0.15) is 4.52 Å². The van der Waals surface area contributed by atoms with Crippen molar-refractivity contribution in [3.63, 3.8) is 0 Å². The number of nitrogens with zero attached hydrogens (tertiary/aromatic N) is 5. The van der Waals surface area contributed by atoms with Crippen LogP contribution in [0.25, 0.3) is 5.65 Å². The summed E-state index contributed by atoms with van der Waals surface area (Å²) in [5.74, 6) is 2.14. The molecule has 1 aliphatic heterocycles. The summed E-state index contributed by atoms with van der Waals surface area (Å²) in [4.78, 5) is 16.1. The van der Waals surface area contributed by atoms with Crippen LogP contribution in [-0.4, -0.2) is 45.4 Å². The lowest BCUT2D eigenvalue weighted by molar-refractivity contribution is -0.125. The van der Waals surface area contributed by atoms with Crippen LogP contribution in [0.2, 0.25) is 0 Å². The lowest BCUT2D eigenvalue weighted by atomic mass is 9.97. The maximum absolute atomic E-state index is 12.6. The van der Waals surface area contributed by atoms with Crippen molar-refractivity contribution in [3.8, 4) is 0 Å². The van der Waals surface area contributed by atoms with E-state index in [0.29, 0.717) is 13.1 Å². The van der Waals surface area contributed by atoms with E-state index < -0.39 is 0 Å². The molecule has 1 aliphatic rings. The topological polar surface area (TPSA) is 75.4 Å². The molecule has 148 valence electrons. The summed E-state index contributed by atoms with van der Waals surface area (Å²) in [6.45, 7) is 6.47. The Labute approximate surface area is 168 Å². The lowest BCUT2D eigenvalue weighted by Crippen LogP contribution is -2.44. The molecule has 0 spiro atoms. The van der Waals surface area contributed by atoms with E-state index in [2.05, 4.69) is 45.7 Å². The van der Waals surface area contributed by atoms with Crippen LogP contribution in [0.1, 0.15) is 43.3 Å². The zero-order chi connectivity index (χ0) is 19.5. The summed E-state index contributed by atoms with van der Waals surface area (Å²) in [7, 11) is 0. The van der Waals surface area contributed by atoms with Crippen LogP contribution >= 0.6 is 11.3 Å². The van der Waals surface area contributed by atoms with Crippen molar-refractivity contribution < 1.29 is 4.79 Å². The van der Waals surface area contributed by atoms with E-state index in [9.17, 15) is 4.79 Å². The number of carbonyl (C=O) groups is 1. The Hall–Kier alpha value is -2.48. The van der Waals surface area contributed by atoms with Crippen molar-refractivity contribution in [2.45, 2.75) is 39.0 Å². The fourth-order valence-electron chi connectivity index (χ4n) is 3.63. The minimum Gasteiger partial charge on any atom is -0.355 e. The fourth-order valence-corrected chi connectivity index (χ4v) is 4.34. The van der Waals surface area contributed by atoms with Gasteiger partial charge in [-0.05, 0) is 42.8 Å². The summed E-state index contributed by atoms with van der Waals surface area (Å²) in [5.41, 5.74) is 0.757. The third-order valence-corrected chi connectivity index (χ3v) is 6.09. The van der Waals surface area contributed by atoms with Crippen molar-refractivity contribution in [1.82, 2.24) is 25.1 Å². The first-order valence-electron chi connectivity index (χ1n) is 9.89. The van der Waals surface area contributed by atoms with Gasteiger partial charge in [-0.25, -0.2) is 0 Å². The molecule has 1 N–H and O–H groups in total. The Morgan fingerprint density at radius 2 is 2.21 bits per heavy atom. The first-order valence-corrected chi connectivity index (χ1v) is 10.8. The predicted molar refractivity (Wildman–Crippen MR) is 111 cm³/mol. The first kappa shape index (κ1) is 18.9. The first-order chi connectivity index (χ1) is 13.6. The number of rotatable bonds is 6. The van der Waals surface area contributed by atoms with Crippen LogP contribution in [0.15, 0.2) is 29.6 Å². The monoisotopic (exact) mass is 398 g/mol. The van der Waals surface area contributed by atoms with Crippen LogP contribution in [-0.2, 0) is 11.2 Å². The minimum atomic E-state index is 0.0000593. The van der Waals surface area contributed by atoms with Crippen LogP contribution < -0.4 is 10.2 Å². The number of aromatic nitrogens is 4. The third kappa shape index (κ3) is 4.01. The summed E-state index contributed by atoms with van der Waals surface area (Å²) in [5, 5.41) is 18.4. The highest BCUT2D eigenvalue weighted by Gasteiger charge is 2.27. The molecule has 1 amide bonds. The van der Waals surface area contributed by atoms with Crippen LogP contribution in [0.5, 0.6) is 0 Å². The second-order valence-corrected chi connectivity index (χ2v) is 8.61. The molecule has 0 saturated carbocycles. The van der Waals surface area contributed by atoms with Crippen molar-refractivity contribution in [2.24, 2.45) is 5.92 Å². The summed E-state index contributed by atoms with van der Waals surface area (Å²) >= 11 is 1.73. The Balaban J connectivity index is 1.41. The number of hydrogen-bond acceptors (Lipinski definition) is 6. The molecule has 0 unspecified atom stereocenters. The zero-order valence-corrected chi connectivity index (χ0v) is 17.2. The van der Waals surface area contributed by atoms with Gasteiger partial charge in [0.2, 0.25) is 5.91 Å². The smallest absolute Gasteiger partial charge is 0.224 e. The van der Waals surface area contributed by atoms with Gasteiger partial charge in [0.1, 0.15) is 5.82 Å². The van der Waals surface area contributed by atoms with E-state index in [1.807, 2.05) is 22.7 Å². The van der Waals surface area contributed by atoms with E-state index in [1.54, 1.807) is 11.3 Å². The molecule has 0 radical (unpaired) electrons. The van der Waals surface area contributed by atoms with E-state index in [4.69, 9.17) is 5.10 Å². The SMILES string of the molecule is CC(C)c1nnc2ccc(N3CCC[C@@H](C(=O)NCCc4cccs4)C3)nn12. The van der Waals surface area contributed by atoms with E-state index in [1.165, 1.54) is 4.88 Å². The number of nitrogens with one attached hydrogen (secondary N) is 1. The fraction of sp³-hybridized carbons (Fsp3) is 0.500. The minimum absolute atomic E-state index is 0.0000593. The average Bonchev–Trinajstić information content (AvgIpc) is 3.37. The number of hydrogen-bond donors (Lipinski definition) is 1. The molecule has 1 fully saturated rings. The average molecular weight is 399 g/mol. The van der Waals surface area contributed by atoms with Gasteiger partial charge in [0.15, 0.2) is 11.5 Å². The molecule has 1 saturated heterocycles. The molecule has 0 aliphatic carbocycles. The number of thiophene rings is 1. The zero-order valence-electron chi connectivity index (χ0n) is 16.3. The van der Waals surface area contributed by atoms with E-state index in [-0.39, 0.29) is 17.7 Å². The van der Waals surface area contributed by atoms with Gasteiger partial charge < -0.3 is 10.2 Å². The summed E-state index contributed by atoms with van der Waals surface area (Å²) in [6.07, 6.45) is 2.80. The molecule has 3 aromatic rings. The van der Waals surface area contributed by atoms with Gasteiger partial charge >= 0.3 is 0 Å². The number of anilines is 1. The highest BCUT2D eigenvalue weighted by molar-refractivity contribution is 7.09. The van der Waals surface area contributed by atoms with Crippen molar-refractivity contribution in [2.75, 3.05) is 24.5 Å². The van der Waals surface area contributed by atoms with Crippen molar-refractivity contribution >= 4 is 28.7 Å². The highest BCUT2D eigenvalue weighted by Crippen LogP contribution is 2.23. The number of amides is 1. The van der Waals surface area contributed by atoms with Gasteiger partial charge in [0.05, 0.1) is 5.92 Å². The Bertz CT molecular complexity index is 935. The molecule has 3 aromatic heterocycles. The van der Waals surface area contributed by atoms with E-state index >= 15 is 0 Å². The molecule has 4 rings (SSSR count). The van der Waals surface area contributed by atoms with Crippen molar-refractivity contribution in [1.29, 1.82) is 0 Å². The second-order valence-electron chi connectivity index (χ2n) is 7.58.